The van der Waals surface area contributed by atoms with Gasteiger partial charge in [-0.1, -0.05) is 13.0 Å². The zero-order valence-electron chi connectivity index (χ0n) is 10.6. The highest BCUT2D eigenvalue weighted by molar-refractivity contribution is 5.28. The monoisotopic (exact) mass is 248 g/mol. The standard InChI is InChI=1S/C13H17FN4/c1-3-15-12(13-8-16-18-17-13)7-10-6-11(14)5-4-9(10)2/h4-6,8,12,15H,3,7H2,1-2H3,(H,16,17,18). The van der Waals surface area contributed by atoms with E-state index in [1.165, 1.54) is 6.07 Å². The largest absolute Gasteiger partial charge is 0.309 e. The molecular weight excluding hydrogens is 231 g/mol. The van der Waals surface area contributed by atoms with E-state index in [0.29, 0.717) is 6.42 Å². The average molecular weight is 248 g/mol. The smallest absolute Gasteiger partial charge is 0.123 e. The lowest BCUT2D eigenvalue weighted by atomic mass is 9.99. The number of nitrogens with zero attached hydrogens (tertiary/aromatic N) is 2. The van der Waals surface area contributed by atoms with Crippen LogP contribution in [0.15, 0.2) is 24.4 Å². The molecule has 2 aromatic rings. The summed E-state index contributed by atoms with van der Waals surface area (Å²) >= 11 is 0. The summed E-state index contributed by atoms with van der Waals surface area (Å²) in [4.78, 5) is 0. The quantitative estimate of drug-likeness (QED) is 0.852. The van der Waals surface area contributed by atoms with Gasteiger partial charge in [-0.15, -0.1) is 0 Å². The third kappa shape index (κ3) is 2.92. The van der Waals surface area contributed by atoms with Crippen molar-refractivity contribution in [1.82, 2.24) is 20.7 Å². The van der Waals surface area contributed by atoms with E-state index in [9.17, 15) is 4.39 Å². The summed E-state index contributed by atoms with van der Waals surface area (Å²) in [7, 11) is 0. The Morgan fingerprint density at radius 1 is 1.44 bits per heavy atom. The summed E-state index contributed by atoms with van der Waals surface area (Å²) in [5.74, 6) is -0.203. The van der Waals surface area contributed by atoms with Crippen LogP contribution in [0.3, 0.4) is 0 Å². The van der Waals surface area contributed by atoms with E-state index < -0.39 is 0 Å². The topological polar surface area (TPSA) is 53.6 Å². The lowest BCUT2D eigenvalue weighted by Crippen LogP contribution is -2.23. The Labute approximate surface area is 106 Å². The van der Waals surface area contributed by atoms with Crippen LogP contribution in [0, 0.1) is 12.7 Å². The highest BCUT2D eigenvalue weighted by atomic mass is 19.1. The molecule has 0 aliphatic carbocycles. The van der Waals surface area contributed by atoms with Crippen molar-refractivity contribution in [2.75, 3.05) is 6.54 Å². The van der Waals surface area contributed by atoms with Gasteiger partial charge in [-0.05, 0) is 43.1 Å². The highest BCUT2D eigenvalue weighted by Gasteiger charge is 2.15. The summed E-state index contributed by atoms with van der Waals surface area (Å²) in [6.45, 7) is 4.85. The minimum atomic E-state index is -0.203. The van der Waals surface area contributed by atoms with Crippen molar-refractivity contribution in [3.63, 3.8) is 0 Å². The minimum absolute atomic E-state index is 0.0502. The number of halogens is 1. The molecule has 0 saturated heterocycles. The molecule has 1 unspecified atom stereocenters. The Morgan fingerprint density at radius 2 is 2.28 bits per heavy atom. The molecule has 0 aliphatic heterocycles. The number of hydrogen-bond donors (Lipinski definition) is 2. The Bertz CT molecular complexity index is 496. The van der Waals surface area contributed by atoms with Crippen molar-refractivity contribution in [3.05, 3.63) is 47.0 Å². The molecule has 18 heavy (non-hydrogen) atoms. The maximum Gasteiger partial charge on any atom is 0.123 e. The molecule has 1 aromatic heterocycles. The fourth-order valence-corrected chi connectivity index (χ4v) is 1.99. The maximum atomic E-state index is 13.3. The minimum Gasteiger partial charge on any atom is -0.309 e. The van der Waals surface area contributed by atoms with Crippen LogP contribution in [0.1, 0.15) is 29.8 Å². The number of rotatable bonds is 5. The molecule has 4 nitrogen and oxygen atoms in total. The van der Waals surface area contributed by atoms with Gasteiger partial charge < -0.3 is 5.32 Å². The van der Waals surface area contributed by atoms with Crippen LogP contribution in [0.2, 0.25) is 0 Å². The average Bonchev–Trinajstić information content (AvgIpc) is 2.87. The molecule has 0 radical (unpaired) electrons. The van der Waals surface area contributed by atoms with E-state index in [1.54, 1.807) is 18.3 Å². The van der Waals surface area contributed by atoms with Crippen molar-refractivity contribution in [2.24, 2.45) is 0 Å². The third-order valence-corrected chi connectivity index (χ3v) is 2.98. The first-order valence-corrected chi connectivity index (χ1v) is 6.04. The maximum absolute atomic E-state index is 13.3. The van der Waals surface area contributed by atoms with Gasteiger partial charge in [0, 0.05) is 0 Å². The molecule has 2 N–H and O–H groups in total. The van der Waals surface area contributed by atoms with Crippen LogP contribution in [0.5, 0.6) is 0 Å². The van der Waals surface area contributed by atoms with Crippen LogP contribution in [-0.2, 0) is 6.42 Å². The van der Waals surface area contributed by atoms with Crippen molar-refractivity contribution < 1.29 is 4.39 Å². The van der Waals surface area contributed by atoms with Gasteiger partial charge in [-0.3, -0.25) is 0 Å². The molecule has 1 heterocycles. The predicted molar refractivity (Wildman–Crippen MR) is 67.6 cm³/mol. The van der Waals surface area contributed by atoms with Crippen LogP contribution < -0.4 is 5.32 Å². The second-order valence-electron chi connectivity index (χ2n) is 4.28. The highest BCUT2D eigenvalue weighted by Crippen LogP contribution is 2.19. The Hall–Kier alpha value is -1.75. The summed E-state index contributed by atoms with van der Waals surface area (Å²) in [6.07, 6.45) is 2.39. The van der Waals surface area contributed by atoms with Crippen LogP contribution in [0.25, 0.3) is 0 Å². The number of likely N-dealkylation sites (N-methyl/N-ethyl adjacent to an activating group) is 1. The number of hydrogen-bond acceptors (Lipinski definition) is 3. The zero-order chi connectivity index (χ0) is 13.0. The lowest BCUT2D eigenvalue weighted by molar-refractivity contribution is 0.532. The van der Waals surface area contributed by atoms with Gasteiger partial charge in [-0.25, -0.2) is 4.39 Å². The molecule has 2 rings (SSSR count). The Balaban J connectivity index is 2.21. The normalized spacial score (nSPS) is 12.6. The van der Waals surface area contributed by atoms with Gasteiger partial charge in [0.2, 0.25) is 0 Å². The van der Waals surface area contributed by atoms with Crippen LogP contribution in [-0.4, -0.2) is 22.0 Å². The van der Waals surface area contributed by atoms with Gasteiger partial charge in [0.1, 0.15) is 5.82 Å². The molecule has 1 atom stereocenters. The van der Waals surface area contributed by atoms with E-state index in [-0.39, 0.29) is 11.9 Å². The Kier molecular flexibility index (Phi) is 4.04. The SMILES string of the molecule is CCNC(Cc1cc(F)ccc1C)c1cn[nH]n1. The van der Waals surface area contributed by atoms with Crippen molar-refractivity contribution >= 4 is 0 Å². The molecule has 0 aliphatic rings. The van der Waals surface area contributed by atoms with Crippen molar-refractivity contribution in [3.8, 4) is 0 Å². The molecule has 0 bridgehead atoms. The second kappa shape index (κ2) is 5.73. The second-order valence-corrected chi connectivity index (χ2v) is 4.28. The number of aryl methyl sites for hydroxylation is 1. The fourth-order valence-electron chi connectivity index (χ4n) is 1.99. The number of aromatic nitrogens is 3. The first-order valence-electron chi connectivity index (χ1n) is 6.04. The fraction of sp³-hybridized carbons (Fsp3) is 0.385. The van der Waals surface area contributed by atoms with Gasteiger partial charge in [-0.2, -0.15) is 15.4 Å². The molecule has 5 heteroatoms. The van der Waals surface area contributed by atoms with E-state index in [0.717, 1.165) is 23.4 Å². The Morgan fingerprint density at radius 3 is 2.94 bits per heavy atom. The number of H-pyrrole nitrogens is 1. The van der Waals surface area contributed by atoms with E-state index in [1.807, 2.05) is 13.8 Å². The van der Waals surface area contributed by atoms with Gasteiger partial charge in [0.25, 0.3) is 0 Å². The molecule has 0 fully saturated rings. The van der Waals surface area contributed by atoms with Gasteiger partial charge >= 0.3 is 0 Å². The number of benzene rings is 1. The first kappa shape index (κ1) is 12.7. The third-order valence-electron chi connectivity index (χ3n) is 2.98. The van der Waals surface area contributed by atoms with Gasteiger partial charge in [0.05, 0.1) is 17.9 Å². The zero-order valence-corrected chi connectivity index (χ0v) is 10.6. The van der Waals surface area contributed by atoms with Crippen molar-refractivity contribution in [2.45, 2.75) is 26.3 Å². The van der Waals surface area contributed by atoms with E-state index in [4.69, 9.17) is 0 Å². The lowest BCUT2D eigenvalue weighted by Gasteiger charge is -2.16. The molecule has 0 saturated carbocycles. The van der Waals surface area contributed by atoms with Crippen molar-refractivity contribution in [1.29, 1.82) is 0 Å². The molecule has 0 spiro atoms. The first-order chi connectivity index (χ1) is 8.70. The summed E-state index contributed by atoms with van der Waals surface area (Å²) in [5, 5.41) is 13.8. The molecular formula is C13H17FN4. The van der Waals surface area contributed by atoms with Crippen LogP contribution >= 0.6 is 0 Å². The molecule has 0 amide bonds. The molecule has 96 valence electrons. The summed E-state index contributed by atoms with van der Waals surface area (Å²) in [5.41, 5.74) is 2.92. The molecule has 1 aromatic carbocycles. The summed E-state index contributed by atoms with van der Waals surface area (Å²) in [6, 6.07) is 4.92. The number of aromatic amines is 1. The summed E-state index contributed by atoms with van der Waals surface area (Å²) < 4.78 is 13.3. The van der Waals surface area contributed by atoms with Crippen LogP contribution in [0.4, 0.5) is 4.39 Å². The number of nitrogens with one attached hydrogen (secondary N) is 2. The van der Waals surface area contributed by atoms with E-state index in [2.05, 4.69) is 20.7 Å². The predicted octanol–water partition coefficient (Wildman–Crippen LogP) is 2.15. The van der Waals surface area contributed by atoms with Gasteiger partial charge in [0.15, 0.2) is 0 Å². The van der Waals surface area contributed by atoms with E-state index >= 15 is 0 Å².